The van der Waals surface area contributed by atoms with Crippen LogP contribution in [-0.2, 0) is 9.47 Å². The van der Waals surface area contributed by atoms with Gasteiger partial charge in [0.15, 0.2) is 0 Å². The third kappa shape index (κ3) is 9.33. The van der Waals surface area contributed by atoms with E-state index < -0.39 is 0 Å². The Kier molecular flexibility index (Phi) is 10.6. The van der Waals surface area contributed by atoms with E-state index in [4.69, 9.17) is 9.84 Å². The summed E-state index contributed by atoms with van der Waals surface area (Å²) in [6.45, 7) is 1.66. The Morgan fingerprint density at radius 2 is 1.33 bits per heavy atom. The van der Waals surface area contributed by atoms with Gasteiger partial charge in [-0.2, -0.15) is 0 Å². The number of methoxy groups -OCH3 is 1. The maximum atomic E-state index is 8.20. The molecule has 0 bridgehead atoms. The van der Waals surface area contributed by atoms with Crippen molar-refractivity contribution in [2.45, 2.75) is 0 Å². The largest absolute Gasteiger partial charge is 0.394 e. The summed E-state index contributed by atoms with van der Waals surface area (Å²) in [6.07, 6.45) is 0. The molecule has 0 saturated carbocycles. The number of aliphatic hydroxyl groups is 1. The van der Waals surface area contributed by atoms with Crippen LogP contribution in [0.1, 0.15) is 0 Å². The van der Waals surface area contributed by atoms with E-state index in [1.165, 1.54) is 10.6 Å². The van der Waals surface area contributed by atoms with E-state index in [-0.39, 0.29) is 6.61 Å². The highest BCUT2D eigenvalue weighted by atomic mass is 31.1. The van der Waals surface area contributed by atoms with Crippen LogP contribution in [0.25, 0.3) is 0 Å². The summed E-state index contributed by atoms with van der Waals surface area (Å²) in [5, 5.41) is 11.0. The van der Waals surface area contributed by atoms with Crippen LogP contribution >= 0.6 is 8.58 Å². The van der Waals surface area contributed by atoms with E-state index in [0.29, 0.717) is 19.8 Å². The molecule has 21 heavy (non-hydrogen) atoms. The van der Waals surface area contributed by atoms with E-state index in [1.54, 1.807) is 7.11 Å². The average Bonchev–Trinajstić information content (AvgIpc) is 2.54. The Hall–Kier alpha value is -1.25. The number of ether oxygens (including phenoxy) is 2. The van der Waals surface area contributed by atoms with Crippen molar-refractivity contribution in [3.05, 3.63) is 60.7 Å². The van der Waals surface area contributed by atoms with Gasteiger partial charge in [0.1, 0.15) is 0 Å². The first-order valence-electron chi connectivity index (χ1n) is 6.91. The lowest BCUT2D eigenvalue weighted by Gasteiger charge is -2.00. The fraction of sp³-hybridized carbons (Fsp3) is 0.294. The smallest absolute Gasteiger partial charge is 0.0701 e. The predicted molar refractivity (Wildman–Crippen MR) is 90.2 cm³/mol. The van der Waals surface area contributed by atoms with E-state index in [1.807, 2.05) is 0 Å². The molecule has 0 heterocycles. The molecule has 2 aromatic rings. The Morgan fingerprint density at radius 1 is 0.810 bits per heavy atom. The Balaban J connectivity index is 0.000000240. The highest BCUT2D eigenvalue weighted by molar-refractivity contribution is 7.55. The summed E-state index contributed by atoms with van der Waals surface area (Å²) >= 11 is 0. The van der Waals surface area contributed by atoms with Gasteiger partial charge < -0.3 is 14.6 Å². The second kappa shape index (κ2) is 12.5. The lowest BCUT2D eigenvalue weighted by Crippen LogP contribution is -2.05. The minimum atomic E-state index is 0.0870. The molecule has 2 aromatic carbocycles. The topological polar surface area (TPSA) is 38.7 Å². The van der Waals surface area contributed by atoms with Crippen LogP contribution in [0.15, 0.2) is 60.7 Å². The molecule has 0 aliphatic rings. The van der Waals surface area contributed by atoms with Crippen molar-refractivity contribution in [1.29, 1.82) is 0 Å². The Bertz CT molecular complexity index is 405. The second-order valence-corrected chi connectivity index (χ2v) is 5.59. The van der Waals surface area contributed by atoms with Gasteiger partial charge in [0.2, 0.25) is 0 Å². The first-order chi connectivity index (χ1) is 10.4. The lowest BCUT2D eigenvalue weighted by molar-refractivity contribution is 0.0500. The van der Waals surface area contributed by atoms with Crippen molar-refractivity contribution in [3.8, 4) is 0 Å². The highest BCUT2D eigenvalue weighted by Gasteiger charge is 1.92. The van der Waals surface area contributed by atoms with Gasteiger partial charge in [-0.3, -0.25) is 0 Å². The molecule has 0 saturated heterocycles. The van der Waals surface area contributed by atoms with E-state index >= 15 is 0 Å². The number of hydrogen-bond donors (Lipinski definition) is 1. The lowest BCUT2D eigenvalue weighted by atomic mass is 10.4. The molecular formula is C17H23O3P. The number of benzene rings is 2. The second-order valence-electron chi connectivity index (χ2n) is 4.19. The molecule has 0 aromatic heterocycles. The van der Waals surface area contributed by atoms with Crippen LogP contribution < -0.4 is 10.6 Å². The van der Waals surface area contributed by atoms with Crippen LogP contribution in [0, 0.1) is 0 Å². The van der Waals surface area contributed by atoms with E-state index in [2.05, 4.69) is 65.4 Å². The molecule has 4 heteroatoms. The van der Waals surface area contributed by atoms with Gasteiger partial charge in [-0.25, -0.2) is 0 Å². The Labute approximate surface area is 128 Å². The van der Waals surface area contributed by atoms with Crippen LogP contribution in [0.4, 0.5) is 0 Å². The highest BCUT2D eigenvalue weighted by Crippen LogP contribution is 2.08. The molecule has 0 aliphatic carbocycles. The maximum Gasteiger partial charge on any atom is 0.0701 e. The van der Waals surface area contributed by atoms with Gasteiger partial charge in [0, 0.05) is 7.11 Å². The first kappa shape index (κ1) is 17.8. The van der Waals surface area contributed by atoms with E-state index in [0.717, 1.165) is 8.58 Å². The molecule has 0 amide bonds. The van der Waals surface area contributed by atoms with Gasteiger partial charge in [-0.05, 0) is 10.6 Å². The molecular weight excluding hydrogens is 283 g/mol. The molecule has 114 valence electrons. The van der Waals surface area contributed by atoms with Crippen molar-refractivity contribution >= 4 is 19.2 Å². The quantitative estimate of drug-likeness (QED) is 0.628. The van der Waals surface area contributed by atoms with Crippen LogP contribution in [-0.4, -0.2) is 38.6 Å². The summed E-state index contributed by atoms with van der Waals surface area (Å²) in [5.41, 5.74) is 0. The normalized spacial score (nSPS) is 9.81. The van der Waals surface area contributed by atoms with E-state index in [9.17, 15) is 0 Å². The number of aliphatic hydroxyl groups excluding tert-OH is 1. The van der Waals surface area contributed by atoms with Gasteiger partial charge in [0.25, 0.3) is 0 Å². The molecule has 0 spiro atoms. The van der Waals surface area contributed by atoms with Crippen molar-refractivity contribution in [2.24, 2.45) is 0 Å². The predicted octanol–water partition coefficient (Wildman–Crippen LogP) is 1.96. The zero-order valence-electron chi connectivity index (χ0n) is 12.4. The Morgan fingerprint density at radius 3 is 1.76 bits per heavy atom. The average molecular weight is 306 g/mol. The third-order valence-electron chi connectivity index (χ3n) is 2.50. The fourth-order valence-corrected chi connectivity index (χ4v) is 2.57. The summed E-state index contributed by atoms with van der Waals surface area (Å²) in [5.74, 6) is 0. The molecule has 3 nitrogen and oxygen atoms in total. The molecule has 0 unspecified atom stereocenters. The van der Waals surface area contributed by atoms with Crippen LogP contribution in [0.3, 0.4) is 0 Å². The van der Waals surface area contributed by atoms with Gasteiger partial charge in [0.05, 0.1) is 26.4 Å². The molecule has 1 N–H and O–H groups in total. The van der Waals surface area contributed by atoms with Crippen molar-refractivity contribution in [1.82, 2.24) is 0 Å². The summed E-state index contributed by atoms with van der Waals surface area (Å²) in [4.78, 5) is 0. The van der Waals surface area contributed by atoms with Gasteiger partial charge in [-0.15, -0.1) is 0 Å². The fourth-order valence-electron chi connectivity index (χ4n) is 1.52. The summed E-state index contributed by atoms with van der Waals surface area (Å²) in [6, 6.07) is 21.2. The van der Waals surface area contributed by atoms with Gasteiger partial charge in [-0.1, -0.05) is 69.2 Å². The zero-order valence-corrected chi connectivity index (χ0v) is 13.4. The number of rotatable bonds is 7. The standard InChI is InChI=1S/C12H11P.C5H12O3/c1-3-7-11(8-4-1)13-12-9-5-2-6-10-12;1-7-4-5-8-3-2-6/h1-10,13H;6H,2-5H2,1H3. The SMILES string of the molecule is COCCOCCO.c1ccc(Pc2ccccc2)cc1. The van der Waals surface area contributed by atoms with Crippen molar-refractivity contribution in [3.63, 3.8) is 0 Å². The van der Waals surface area contributed by atoms with Crippen molar-refractivity contribution in [2.75, 3.05) is 33.5 Å². The monoisotopic (exact) mass is 306 g/mol. The molecule has 2 rings (SSSR count). The summed E-state index contributed by atoms with van der Waals surface area (Å²) < 4.78 is 9.53. The number of hydrogen-bond acceptors (Lipinski definition) is 3. The van der Waals surface area contributed by atoms with Gasteiger partial charge >= 0.3 is 0 Å². The molecule has 0 radical (unpaired) electrons. The van der Waals surface area contributed by atoms with Crippen molar-refractivity contribution < 1.29 is 14.6 Å². The minimum Gasteiger partial charge on any atom is -0.394 e. The minimum absolute atomic E-state index is 0.0870. The molecule has 0 aliphatic heterocycles. The molecule has 0 fully saturated rings. The van der Waals surface area contributed by atoms with Crippen LogP contribution in [0.5, 0.6) is 0 Å². The van der Waals surface area contributed by atoms with Crippen LogP contribution in [0.2, 0.25) is 0 Å². The maximum absolute atomic E-state index is 8.20. The first-order valence-corrected chi connectivity index (χ1v) is 7.91. The summed E-state index contributed by atoms with van der Waals surface area (Å²) in [7, 11) is 2.39. The molecule has 0 atom stereocenters. The zero-order chi connectivity index (χ0) is 15.2. The third-order valence-corrected chi connectivity index (χ3v) is 3.75.